The Kier molecular flexibility index (Phi) is 8.07. The Bertz CT molecular complexity index is 1420. The van der Waals surface area contributed by atoms with Crippen molar-refractivity contribution in [3.8, 4) is 11.5 Å². The van der Waals surface area contributed by atoms with E-state index in [1.54, 1.807) is 79.7 Å². The van der Waals surface area contributed by atoms with Gasteiger partial charge < -0.3 is 19.2 Å². The van der Waals surface area contributed by atoms with Crippen LogP contribution in [0.3, 0.4) is 0 Å². The summed E-state index contributed by atoms with van der Waals surface area (Å²) in [6, 6.07) is 23.2. The van der Waals surface area contributed by atoms with Crippen LogP contribution in [0.1, 0.15) is 43.8 Å². The Hall–Kier alpha value is -5.18. The van der Waals surface area contributed by atoms with Gasteiger partial charge in [0.1, 0.15) is 0 Å². The number of esters is 1. The number of hydrogen-bond donors (Lipinski definition) is 2. The van der Waals surface area contributed by atoms with E-state index in [1.165, 1.54) is 18.5 Å². The summed E-state index contributed by atoms with van der Waals surface area (Å²) < 4.78 is 16.0. The van der Waals surface area contributed by atoms with Gasteiger partial charge in [-0.25, -0.2) is 10.2 Å². The topological polar surface area (TPSA) is 119 Å². The van der Waals surface area contributed by atoms with Crippen molar-refractivity contribution in [3.63, 3.8) is 0 Å². The SMILES string of the molecule is CCOc1cc(/C=N\NC(=O)c2ccccc2NC(=O)c2ccccc2)ccc1OC(=O)c1ccco1. The van der Waals surface area contributed by atoms with Gasteiger partial charge in [0.2, 0.25) is 5.76 Å². The van der Waals surface area contributed by atoms with Gasteiger partial charge in [-0.2, -0.15) is 5.10 Å². The summed E-state index contributed by atoms with van der Waals surface area (Å²) in [4.78, 5) is 37.5. The molecule has 0 atom stereocenters. The molecule has 0 spiro atoms. The standard InChI is InChI=1S/C28H23N3O6/c1-2-35-25-17-19(14-15-23(25)37-28(34)24-13-8-16-36-24)18-29-31-27(33)21-11-6-7-12-22(21)30-26(32)20-9-4-3-5-10-20/h3-18H,2H2,1H3,(H,30,32)(H,31,33)/b29-18-. The zero-order chi connectivity index (χ0) is 26.0. The smallest absolute Gasteiger partial charge is 0.379 e. The Balaban J connectivity index is 1.43. The molecule has 37 heavy (non-hydrogen) atoms. The minimum atomic E-state index is -0.655. The summed E-state index contributed by atoms with van der Waals surface area (Å²) in [5, 5.41) is 6.77. The van der Waals surface area contributed by atoms with Crippen molar-refractivity contribution in [1.82, 2.24) is 5.43 Å². The van der Waals surface area contributed by atoms with Crippen LogP contribution in [0.15, 0.2) is 101 Å². The normalized spacial score (nSPS) is 10.6. The van der Waals surface area contributed by atoms with E-state index in [9.17, 15) is 14.4 Å². The molecule has 0 radical (unpaired) electrons. The largest absolute Gasteiger partial charge is 0.490 e. The van der Waals surface area contributed by atoms with Gasteiger partial charge in [0.05, 0.1) is 30.3 Å². The van der Waals surface area contributed by atoms with Crippen LogP contribution in [-0.2, 0) is 0 Å². The van der Waals surface area contributed by atoms with E-state index in [0.717, 1.165) is 0 Å². The zero-order valence-corrected chi connectivity index (χ0v) is 19.8. The number of rotatable bonds is 9. The van der Waals surface area contributed by atoms with E-state index < -0.39 is 11.9 Å². The molecule has 0 aliphatic heterocycles. The van der Waals surface area contributed by atoms with Crippen molar-refractivity contribution in [1.29, 1.82) is 0 Å². The molecule has 9 heteroatoms. The van der Waals surface area contributed by atoms with Crippen molar-refractivity contribution in [2.75, 3.05) is 11.9 Å². The molecule has 4 rings (SSSR count). The molecule has 0 aliphatic rings. The molecule has 1 aromatic heterocycles. The van der Waals surface area contributed by atoms with Crippen LogP contribution in [0.25, 0.3) is 0 Å². The fourth-order valence-electron chi connectivity index (χ4n) is 3.30. The summed E-state index contributed by atoms with van der Waals surface area (Å²) >= 11 is 0. The van der Waals surface area contributed by atoms with Gasteiger partial charge in [0.15, 0.2) is 11.5 Å². The fraction of sp³-hybridized carbons (Fsp3) is 0.0714. The van der Waals surface area contributed by atoms with Crippen molar-refractivity contribution in [2.45, 2.75) is 6.92 Å². The number of amides is 2. The summed E-state index contributed by atoms with van der Waals surface area (Å²) in [6.45, 7) is 2.14. The number of carbonyl (C=O) groups is 3. The van der Waals surface area contributed by atoms with Gasteiger partial charge in [-0.05, 0) is 67.1 Å². The molecule has 2 amide bonds. The van der Waals surface area contributed by atoms with E-state index in [-0.39, 0.29) is 23.0 Å². The molecule has 3 aromatic carbocycles. The highest BCUT2D eigenvalue weighted by molar-refractivity contribution is 6.09. The van der Waals surface area contributed by atoms with Gasteiger partial charge in [-0.3, -0.25) is 9.59 Å². The Morgan fingerprint density at radius 3 is 2.43 bits per heavy atom. The second-order valence-electron chi connectivity index (χ2n) is 7.57. The number of nitrogens with zero attached hydrogens (tertiary/aromatic N) is 1. The number of furan rings is 1. The molecule has 0 aliphatic carbocycles. The first-order valence-corrected chi connectivity index (χ1v) is 11.4. The first-order valence-electron chi connectivity index (χ1n) is 11.4. The molecular weight excluding hydrogens is 474 g/mol. The molecule has 1 heterocycles. The second kappa shape index (κ2) is 12.0. The quantitative estimate of drug-likeness (QED) is 0.147. The average Bonchev–Trinajstić information content (AvgIpc) is 3.46. The number of ether oxygens (including phenoxy) is 2. The van der Waals surface area contributed by atoms with Crippen molar-refractivity contribution >= 4 is 29.7 Å². The molecule has 0 saturated carbocycles. The summed E-state index contributed by atoms with van der Waals surface area (Å²) in [6.07, 6.45) is 2.80. The van der Waals surface area contributed by atoms with E-state index in [1.807, 2.05) is 6.07 Å². The van der Waals surface area contributed by atoms with Crippen LogP contribution in [0.4, 0.5) is 5.69 Å². The maximum absolute atomic E-state index is 12.8. The first-order chi connectivity index (χ1) is 18.0. The summed E-state index contributed by atoms with van der Waals surface area (Å²) in [5.74, 6) is -0.886. The van der Waals surface area contributed by atoms with Gasteiger partial charge in [-0.15, -0.1) is 0 Å². The monoisotopic (exact) mass is 497 g/mol. The molecule has 0 fully saturated rings. The highest BCUT2D eigenvalue weighted by Crippen LogP contribution is 2.29. The maximum Gasteiger partial charge on any atom is 0.379 e. The molecular formula is C28H23N3O6. The minimum absolute atomic E-state index is 0.0658. The van der Waals surface area contributed by atoms with E-state index in [0.29, 0.717) is 29.2 Å². The molecule has 0 bridgehead atoms. The van der Waals surface area contributed by atoms with Crippen molar-refractivity contribution in [3.05, 3.63) is 114 Å². The Labute approximate surface area is 212 Å². The highest BCUT2D eigenvalue weighted by atomic mass is 16.6. The maximum atomic E-state index is 12.8. The summed E-state index contributed by atoms with van der Waals surface area (Å²) in [7, 11) is 0. The van der Waals surface area contributed by atoms with Gasteiger partial charge in [-0.1, -0.05) is 30.3 Å². The van der Waals surface area contributed by atoms with Crippen LogP contribution >= 0.6 is 0 Å². The van der Waals surface area contributed by atoms with Gasteiger partial charge in [0, 0.05) is 5.56 Å². The lowest BCUT2D eigenvalue weighted by Crippen LogP contribution is -2.21. The molecule has 9 nitrogen and oxygen atoms in total. The minimum Gasteiger partial charge on any atom is -0.490 e. The predicted molar refractivity (Wildman–Crippen MR) is 137 cm³/mol. The molecule has 0 unspecified atom stereocenters. The first kappa shape index (κ1) is 24.9. The molecule has 2 N–H and O–H groups in total. The summed E-state index contributed by atoms with van der Waals surface area (Å²) in [5.41, 5.74) is 4.12. The van der Waals surface area contributed by atoms with Crippen molar-refractivity contribution in [2.24, 2.45) is 5.10 Å². The van der Waals surface area contributed by atoms with Crippen LogP contribution in [-0.4, -0.2) is 30.6 Å². The highest BCUT2D eigenvalue weighted by Gasteiger charge is 2.16. The number of hydrogen-bond acceptors (Lipinski definition) is 7. The number of anilines is 1. The lowest BCUT2D eigenvalue weighted by molar-refractivity contribution is 0.0694. The second-order valence-corrected chi connectivity index (χ2v) is 7.57. The van der Waals surface area contributed by atoms with Crippen LogP contribution in [0.2, 0.25) is 0 Å². The molecule has 4 aromatic rings. The van der Waals surface area contributed by atoms with Crippen LogP contribution < -0.4 is 20.2 Å². The Morgan fingerprint density at radius 1 is 0.892 bits per heavy atom. The van der Waals surface area contributed by atoms with Crippen LogP contribution in [0, 0.1) is 0 Å². The molecule has 186 valence electrons. The average molecular weight is 498 g/mol. The van der Waals surface area contributed by atoms with E-state index >= 15 is 0 Å². The van der Waals surface area contributed by atoms with E-state index in [4.69, 9.17) is 13.9 Å². The fourth-order valence-corrected chi connectivity index (χ4v) is 3.30. The predicted octanol–water partition coefficient (Wildman–Crippen LogP) is 4.91. The number of hydrazone groups is 1. The number of carbonyl (C=O) groups excluding carboxylic acids is 3. The number of nitrogens with one attached hydrogen (secondary N) is 2. The Morgan fingerprint density at radius 2 is 1.68 bits per heavy atom. The third-order valence-corrected chi connectivity index (χ3v) is 5.03. The van der Waals surface area contributed by atoms with Crippen molar-refractivity contribution < 1.29 is 28.3 Å². The number of para-hydroxylation sites is 1. The van der Waals surface area contributed by atoms with Gasteiger partial charge >= 0.3 is 5.97 Å². The zero-order valence-electron chi connectivity index (χ0n) is 19.8. The third kappa shape index (κ3) is 6.49. The van der Waals surface area contributed by atoms with Crippen LogP contribution in [0.5, 0.6) is 11.5 Å². The third-order valence-electron chi connectivity index (χ3n) is 5.03. The lowest BCUT2D eigenvalue weighted by atomic mass is 10.1. The van der Waals surface area contributed by atoms with Gasteiger partial charge in [0.25, 0.3) is 11.8 Å². The van der Waals surface area contributed by atoms with E-state index in [2.05, 4.69) is 15.8 Å². The molecule has 0 saturated heterocycles. The number of benzene rings is 3. The lowest BCUT2D eigenvalue weighted by Gasteiger charge is -2.11.